The first kappa shape index (κ1) is 29.8. The minimum Gasteiger partial charge on any atom is -0.777 e. The Balaban J connectivity index is -0.000000372. The van der Waals surface area contributed by atoms with E-state index in [2.05, 4.69) is 50.5 Å². The molecule has 0 aliphatic rings. The average Bonchev–Trinajstić information content (AvgIpc) is 2.31. The fourth-order valence-corrected chi connectivity index (χ4v) is 0.978. The van der Waals surface area contributed by atoms with E-state index in [1.807, 2.05) is 0 Å². The van der Waals surface area contributed by atoms with Gasteiger partial charge in [-0.05, 0) is 0 Å². The molecule has 17 heteroatoms. The number of alkyl halides is 12. The zero-order valence-corrected chi connectivity index (χ0v) is 14.9. The van der Waals surface area contributed by atoms with Crippen molar-refractivity contribution in [1.29, 1.82) is 0 Å². The van der Waals surface area contributed by atoms with Crippen LogP contribution in [0.15, 0.2) is 19.6 Å². The van der Waals surface area contributed by atoms with Crippen LogP contribution in [0, 0.1) is 0 Å². The fourth-order valence-electron chi connectivity index (χ4n) is 0.515. The first-order valence-electron chi connectivity index (χ1n) is 4.58. The summed E-state index contributed by atoms with van der Waals surface area (Å²) in [5, 5.41) is 0. The first-order chi connectivity index (χ1) is 10.1. The summed E-state index contributed by atoms with van der Waals surface area (Å²) < 4.78 is 138. The van der Waals surface area contributed by atoms with Gasteiger partial charge >= 0.3 is 41.8 Å². The van der Waals surface area contributed by atoms with E-state index in [0.717, 1.165) is 0 Å². The SMILES string of the molecule is FC(F)(F)/C([S-])=C(/[S-])C(F)(F)F.FC(F)(F)/C([S-])=C(/[S-])C(F)(F)F.[Fe+4]. The molecule has 0 rings (SSSR count). The summed E-state index contributed by atoms with van der Waals surface area (Å²) in [5.41, 5.74) is 0. The van der Waals surface area contributed by atoms with E-state index >= 15 is 0 Å². The molecule has 25 heavy (non-hydrogen) atoms. The maximum Gasteiger partial charge on any atom is 4.00 e. The molecule has 0 nitrogen and oxygen atoms in total. The standard InChI is InChI=1S/2C4H2F6S2.Fe/c2*5-3(6,7)1(11)2(12)4(8,9)10;/h2*11-12H;/q;;+4/p-4/b2*2-1-;. The van der Waals surface area contributed by atoms with Gasteiger partial charge < -0.3 is 50.5 Å². The summed E-state index contributed by atoms with van der Waals surface area (Å²) in [5.74, 6) is 0. The van der Waals surface area contributed by atoms with Crippen LogP contribution in [0.1, 0.15) is 0 Å². The molecule has 0 aliphatic heterocycles. The third kappa shape index (κ3) is 11.4. The van der Waals surface area contributed by atoms with Crippen molar-refractivity contribution in [3.05, 3.63) is 19.6 Å². The van der Waals surface area contributed by atoms with Gasteiger partial charge in [0.25, 0.3) is 0 Å². The molecule has 0 radical (unpaired) electrons. The van der Waals surface area contributed by atoms with Crippen molar-refractivity contribution in [3.63, 3.8) is 0 Å². The molecule has 0 unspecified atom stereocenters. The van der Waals surface area contributed by atoms with Crippen LogP contribution < -0.4 is 0 Å². The van der Waals surface area contributed by atoms with Crippen LogP contribution in [0.25, 0.3) is 0 Å². The smallest absolute Gasteiger partial charge is 0.777 e. The monoisotopic (exact) mass is 508 g/mol. The Labute approximate surface area is 164 Å². The molecule has 0 saturated carbocycles. The van der Waals surface area contributed by atoms with E-state index in [-0.39, 0.29) is 17.1 Å². The third-order valence-corrected chi connectivity index (χ3v) is 3.44. The second-order valence-corrected chi connectivity index (χ2v) is 4.94. The molecule has 0 amide bonds. The van der Waals surface area contributed by atoms with Gasteiger partial charge in [-0.2, -0.15) is 52.7 Å². The Kier molecular flexibility index (Phi) is 11.7. The van der Waals surface area contributed by atoms with Gasteiger partial charge in [0.2, 0.25) is 0 Å². The predicted molar refractivity (Wildman–Crippen MR) is 67.7 cm³/mol. The van der Waals surface area contributed by atoms with Crippen LogP contribution in [0.3, 0.4) is 0 Å². The first-order valence-corrected chi connectivity index (χ1v) is 6.22. The van der Waals surface area contributed by atoms with Crippen molar-refractivity contribution in [2.45, 2.75) is 24.7 Å². The number of halogens is 12. The van der Waals surface area contributed by atoms with Crippen LogP contribution >= 0.6 is 0 Å². The molecule has 0 aliphatic carbocycles. The fraction of sp³-hybridized carbons (Fsp3) is 0.500. The van der Waals surface area contributed by atoms with Crippen molar-refractivity contribution < 1.29 is 69.8 Å². The van der Waals surface area contributed by atoms with Crippen molar-refractivity contribution in [2.75, 3.05) is 0 Å². The molecule has 0 aromatic rings. The summed E-state index contributed by atoms with van der Waals surface area (Å²) in [6.07, 6.45) is -20.8. The Bertz CT molecular complexity index is 405. The van der Waals surface area contributed by atoms with Gasteiger partial charge in [-0.1, -0.05) is 0 Å². The van der Waals surface area contributed by atoms with E-state index in [4.69, 9.17) is 0 Å². The van der Waals surface area contributed by atoms with Crippen LogP contribution in [-0.2, 0) is 67.6 Å². The molecular weight excluding hydrogens is 508 g/mol. The summed E-state index contributed by atoms with van der Waals surface area (Å²) in [6, 6.07) is 0. The van der Waals surface area contributed by atoms with Gasteiger partial charge in [-0.3, -0.25) is 0 Å². The van der Waals surface area contributed by atoms with Gasteiger partial charge in [-0.15, -0.1) is 19.6 Å². The van der Waals surface area contributed by atoms with E-state index in [1.165, 1.54) is 0 Å². The topological polar surface area (TPSA) is 0 Å². The Morgan fingerprint density at radius 1 is 0.360 bits per heavy atom. The number of rotatable bonds is 0. The van der Waals surface area contributed by atoms with Gasteiger partial charge in [0.15, 0.2) is 0 Å². The van der Waals surface area contributed by atoms with E-state index in [9.17, 15) is 52.7 Å². The van der Waals surface area contributed by atoms with Gasteiger partial charge in [0, 0.05) is 0 Å². The molecule has 0 aromatic carbocycles. The van der Waals surface area contributed by atoms with Crippen LogP contribution in [0.5, 0.6) is 0 Å². The van der Waals surface area contributed by atoms with Crippen LogP contribution in [0.4, 0.5) is 52.7 Å². The molecule has 0 heterocycles. The Hall–Kier alpha value is 0.0395. The third-order valence-electron chi connectivity index (χ3n) is 1.44. The van der Waals surface area contributed by atoms with Crippen molar-refractivity contribution in [2.24, 2.45) is 0 Å². The average molecular weight is 508 g/mol. The molecule has 148 valence electrons. The van der Waals surface area contributed by atoms with Crippen LogP contribution in [-0.4, -0.2) is 24.7 Å². The van der Waals surface area contributed by atoms with Crippen molar-refractivity contribution in [3.8, 4) is 0 Å². The molecular formula is C8F12FeS4. The van der Waals surface area contributed by atoms with Gasteiger partial charge in [0.05, 0.1) is 0 Å². The normalized spacial score (nSPS) is 15.2. The van der Waals surface area contributed by atoms with E-state index < -0.39 is 44.3 Å². The maximum absolute atomic E-state index is 11.5. The van der Waals surface area contributed by atoms with Crippen molar-refractivity contribution in [1.82, 2.24) is 0 Å². The largest absolute Gasteiger partial charge is 4.00 e. The predicted octanol–water partition coefficient (Wildman–Crippen LogP) is 4.83. The van der Waals surface area contributed by atoms with Gasteiger partial charge in [-0.25, -0.2) is 0 Å². The molecule has 0 saturated heterocycles. The molecule has 0 spiro atoms. The summed E-state index contributed by atoms with van der Waals surface area (Å²) in [6.45, 7) is 0. The second-order valence-electron chi connectivity index (χ2n) is 3.31. The molecule has 0 bridgehead atoms. The second kappa shape index (κ2) is 9.82. The van der Waals surface area contributed by atoms with E-state index in [0.29, 0.717) is 0 Å². The van der Waals surface area contributed by atoms with Gasteiger partial charge in [0.1, 0.15) is 0 Å². The van der Waals surface area contributed by atoms with E-state index in [1.54, 1.807) is 0 Å². The number of allylic oxidation sites excluding steroid dienone is 4. The molecule has 0 N–H and O–H groups in total. The van der Waals surface area contributed by atoms with Crippen molar-refractivity contribution >= 4 is 50.5 Å². The maximum atomic E-state index is 11.5. The minimum absolute atomic E-state index is 0. The molecule has 0 atom stereocenters. The number of hydrogen-bond acceptors (Lipinski definition) is 4. The summed E-state index contributed by atoms with van der Waals surface area (Å²) >= 11 is 13.9. The summed E-state index contributed by atoms with van der Waals surface area (Å²) in [4.78, 5) is -8.81. The molecule has 0 fully saturated rings. The number of hydrogen-bond donors (Lipinski definition) is 0. The Morgan fingerprint density at radius 2 is 0.440 bits per heavy atom. The van der Waals surface area contributed by atoms with Crippen LogP contribution in [0.2, 0.25) is 0 Å². The Morgan fingerprint density at radius 3 is 0.480 bits per heavy atom. The molecule has 0 aromatic heterocycles. The zero-order valence-electron chi connectivity index (χ0n) is 10.5. The zero-order chi connectivity index (χ0) is 20.3. The minimum atomic E-state index is -5.19. The quantitative estimate of drug-likeness (QED) is 0.261. The summed E-state index contributed by atoms with van der Waals surface area (Å²) in [7, 11) is 0.